The largest absolute Gasteiger partial charge is 0.358 e. The lowest BCUT2D eigenvalue weighted by molar-refractivity contribution is 0.839. The van der Waals surface area contributed by atoms with Crippen molar-refractivity contribution in [1.82, 2.24) is 16.2 Å². The Morgan fingerprint density at radius 3 is 2.68 bits per heavy atom. The number of hydrogen-bond donors (Lipinski definition) is 4. The first-order valence-corrected chi connectivity index (χ1v) is 6.71. The number of benzene rings is 1. The van der Waals surface area contributed by atoms with E-state index in [0.717, 1.165) is 11.3 Å². The minimum absolute atomic E-state index is 0.396. The topological polar surface area (TPSA) is 48.1 Å². The summed E-state index contributed by atoms with van der Waals surface area (Å²) in [7, 11) is 0. The zero-order valence-corrected chi connectivity index (χ0v) is 12.8. The average molecular weight is 315 g/mol. The molecule has 1 aromatic carbocycles. The molecule has 4 N–H and O–H groups in total. The highest BCUT2D eigenvalue weighted by molar-refractivity contribution is 7.80. The van der Waals surface area contributed by atoms with Crippen molar-refractivity contribution in [2.45, 2.75) is 6.92 Å². The van der Waals surface area contributed by atoms with Gasteiger partial charge in [0.15, 0.2) is 10.2 Å². The lowest BCUT2D eigenvalue weighted by atomic mass is 10.2. The first-order chi connectivity index (χ1) is 9.04. The van der Waals surface area contributed by atoms with Crippen LogP contribution in [0.15, 0.2) is 30.9 Å². The molecule has 0 atom stereocenters. The van der Waals surface area contributed by atoms with Gasteiger partial charge in [0.25, 0.3) is 0 Å². The highest BCUT2D eigenvalue weighted by atomic mass is 35.5. The van der Waals surface area contributed by atoms with Gasteiger partial charge in [-0.05, 0) is 49.1 Å². The van der Waals surface area contributed by atoms with E-state index in [9.17, 15) is 0 Å². The van der Waals surface area contributed by atoms with E-state index >= 15 is 0 Å². The molecule has 0 spiro atoms. The molecule has 19 heavy (non-hydrogen) atoms. The van der Waals surface area contributed by atoms with Crippen molar-refractivity contribution in [2.24, 2.45) is 0 Å². The van der Waals surface area contributed by atoms with E-state index < -0.39 is 0 Å². The highest BCUT2D eigenvalue weighted by Gasteiger charge is 2.03. The quantitative estimate of drug-likeness (QED) is 0.391. The molecule has 0 unspecified atom stereocenters. The van der Waals surface area contributed by atoms with Crippen molar-refractivity contribution in [3.8, 4) is 0 Å². The maximum atomic E-state index is 6.02. The Morgan fingerprint density at radius 1 is 1.32 bits per heavy atom. The van der Waals surface area contributed by atoms with Crippen LogP contribution in [0.2, 0.25) is 5.02 Å². The average Bonchev–Trinajstić information content (AvgIpc) is 2.39. The molecule has 0 aliphatic rings. The normalized spacial score (nSPS) is 9.37. The smallest absolute Gasteiger partial charge is 0.189 e. The SMILES string of the molecule is C=CCNC(=S)NNC(=S)Nc1cccc(Cl)c1C. The molecular formula is C12H15ClN4S2. The first-order valence-electron chi connectivity index (χ1n) is 5.51. The number of rotatable bonds is 3. The number of hydrazine groups is 1. The van der Waals surface area contributed by atoms with E-state index in [1.165, 1.54) is 0 Å². The summed E-state index contributed by atoms with van der Waals surface area (Å²) in [5.41, 5.74) is 7.31. The van der Waals surface area contributed by atoms with E-state index in [1.54, 1.807) is 6.08 Å². The summed E-state index contributed by atoms with van der Waals surface area (Å²) in [6.07, 6.45) is 1.71. The van der Waals surface area contributed by atoms with Crippen LogP contribution in [0, 0.1) is 6.92 Å². The molecule has 0 fully saturated rings. The van der Waals surface area contributed by atoms with Gasteiger partial charge in [0, 0.05) is 17.3 Å². The number of thiocarbonyl (C=S) groups is 2. The molecule has 0 bridgehead atoms. The predicted octanol–water partition coefficient (Wildman–Crippen LogP) is 2.50. The molecule has 0 radical (unpaired) electrons. The van der Waals surface area contributed by atoms with Crippen LogP contribution in [0.4, 0.5) is 5.69 Å². The summed E-state index contributed by atoms with van der Waals surface area (Å²) >= 11 is 16.2. The molecular weight excluding hydrogens is 300 g/mol. The maximum Gasteiger partial charge on any atom is 0.189 e. The Balaban J connectivity index is 2.45. The summed E-state index contributed by atoms with van der Waals surface area (Å²) < 4.78 is 0. The van der Waals surface area contributed by atoms with Crippen LogP contribution in [0.1, 0.15) is 5.56 Å². The van der Waals surface area contributed by atoms with E-state index in [1.807, 2.05) is 25.1 Å². The minimum atomic E-state index is 0.396. The van der Waals surface area contributed by atoms with Crippen molar-refractivity contribution in [3.05, 3.63) is 41.4 Å². The third-order valence-electron chi connectivity index (χ3n) is 2.21. The zero-order valence-electron chi connectivity index (χ0n) is 10.4. The number of anilines is 1. The van der Waals surface area contributed by atoms with Crippen LogP contribution in [0.25, 0.3) is 0 Å². The van der Waals surface area contributed by atoms with Crippen molar-refractivity contribution >= 4 is 51.9 Å². The third-order valence-corrected chi connectivity index (χ3v) is 3.07. The zero-order chi connectivity index (χ0) is 14.3. The van der Waals surface area contributed by atoms with E-state index in [0.29, 0.717) is 21.8 Å². The van der Waals surface area contributed by atoms with Gasteiger partial charge in [0.05, 0.1) is 0 Å². The van der Waals surface area contributed by atoms with Crippen LogP contribution in [-0.2, 0) is 0 Å². The fraction of sp³-hybridized carbons (Fsp3) is 0.167. The van der Waals surface area contributed by atoms with Gasteiger partial charge in [0.1, 0.15) is 0 Å². The summed E-state index contributed by atoms with van der Waals surface area (Å²) in [4.78, 5) is 0. The Morgan fingerprint density at radius 2 is 2.00 bits per heavy atom. The number of halogens is 1. The van der Waals surface area contributed by atoms with Gasteiger partial charge >= 0.3 is 0 Å². The van der Waals surface area contributed by atoms with E-state index in [2.05, 4.69) is 28.1 Å². The van der Waals surface area contributed by atoms with Gasteiger partial charge in [0.2, 0.25) is 0 Å². The van der Waals surface area contributed by atoms with Gasteiger partial charge in [-0.25, -0.2) is 0 Å². The van der Waals surface area contributed by atoms with Crippen molar-refractivity contribution in [3.63, 3.8) is 0 Å². The summed E-state index contributed by atoms with van der Waals surface area (Å²) in [5.74, 6) is 0. The molecule has 0 aromatic heterocycles. The summed E-state index contributed by atoms with van der Waals surface area (Å²) in [6.45, 7) is 6.08. The Labute approximate surface area is 128 Å². The standard InChI is InChI=1S/C12H15ClN4S2/c1-3-7-14-11(18)16-17-12(19)15-10-6-4-5-9(13)8(10)2/h3-6H,1,7H2,2H3,(H2,14,16,18)(H2,15,17,19). The molecule has 0 amide bonds. The van der Waals surface area contributed by atoms with Crippen LogP contribution in [0.5, 0.6) is 0 Å². The molecule has 0 saturated heterocycles. The van der Waals surface area contributed by atoms with Gasteiger partial charge < -0.3 is 10.6 Å². The molecule has 1 rings (SSSR count). The molecule has 4 nitrogen and oxygen atoms in total. The van der Waals surface area contributed by atoms with Gasteiger partial charge in [-0.3, -0.25) is 10.9 Å². The van der Waals surface area contributed by atoms with Crippen molar-refractivity contribution < 1.29 is 0 Å². The monoisotopic (exact) mass is 314 g/mol. The first kappa shape index (κ1) is 15.7. The van der Waals surface area contributed by atoms with Gasteiger partial charge in [-0.15, -0.1) is 6.58 Å². The Hall–Kier alpha value is -1.37. The summed E-state index contributed by atoms with van der Waals surface area (Å²) in [6, 6.07) is 5.57. The van der Waals surface area contributed by atoms with Crippen LogP contribution in [-0.4, -0.2) is 16.8 Å². The van der Waals surface area contributed by atoms with Crippen molar-refractivity contribution in [2.75, 3.05) is 11.9 Å². The Bertz CT molecular complexity index is 491. The Kier molecular flexibility index (Phi) is 6.55. The molecule has 0 aliphatic heterocycles. The number of nitrogens with one attached hydrogen (secondary N) is 4. The summed E-state index contributed by atoms with van der Waals surface area (Å²) in [5, 5.41) is 7.45. The molecule has 1 aromatic rings. The van der Waals surface area contributed by atoms with E-state index in [-0.39, 0.29) is 0 Å². The lowest BCUT2D eigenvalue weighted by Crippen LogP contribution is -2.48. The second-order valence-electron chi connectivity index (χ2n) is 3.62. The van der Waals surface area contributed by atoms with Gasteiger partial charge in [-0.1, -0.05) is 23.7 Å². The van der Waals surface area contributed by atoms with Crippen LogP contribution < -0.4 is 21.5 Å². The fourth-order valence-electron chi connectivity index (χ4n) is 1.22. The highest BCUT2D eigenvalue weighted by Crippen LogP contribution is 2.22. The minimum Gasteiger partial charge on any atom is -0.358 e. The molecule has 102 valence electrons. The van der Waals surface area contributed by atoms with Crippen LogP contribution >= 0.6 is 36.0 Å². The fourth-order valence-corrected chi connectivity index (χ4v) is 1.69. The predicted molar refractivity (Wildman–Crippen MR) is 89.5 cm³/mol. The number of hydrogen-bond acceptors (Lipinski definition) is 2. The maximum absolute atomic E-state index is 6.02. The van der Waals surface area contributed by atoms with Gasteiger partial charge in [-0.2, -0.15) is 0 Å². The van der Waals surface area contributed by atoms with Crippen molar-refractivity contribution in [1.29, 1.82) is 0 Å². The second kappa shape index (κ2) is 7.93. The van der Waals surface area contributed by atoms with Crippen LogP contribution in [0.3, 0.4) is 0 Å². The third kappa shape index (κ3) is 5.42. The molecule has 0 aliphatic carbocycles. The molecule has 0 saturated carbocycles. The lowest BCUT2D eigenvalue weighted by Gasteiger charge is -2.15. The molecule has 0 heterocycles. The van der Waals surface area contributed by atoms with E-state index in [4.69, 9.17) is 36.0 Å². The molecule has 7 heteroatoms. The second-order valence-corrected chi connectivity index (χ2v) is 4.84.